The zero-order valence-corrected chi connectivity index (χ0v) is 14.9. The Morgan fingerprint density at radius 1 is 0.926 bits per heavy atom. The number of hydrogen-bond donors (Lipinski definition) is 0. The second-order valence-electron chi connectivity index (χ2n) is 6.31. The van der Waals surface area contributed by atoms with Crippen LogP contribution in [0.4, 0.5) is 5.95 Å². The van der Waals surface area contributed by atoms with Gasteiger partial charge in [0.2, 0.25) is 11.8 Å². The quantitative estimate of drug-likeness (QED) is 0.679. The van der Waals surface area contributed by atoms with E-state index in [1.165, 1.54) is 5.56 Å². The van der Waals surface area contributed by atoms with Crippen molar-refractivity contribution in [1.82, 2.24) is 25.1 Å². The molecule has 3 heterocycles. The van der Waals surface area contributed by atoms with Crippen LogP contribution in [0.2, 0.25) is 0 Å². The summed E-state index contributed by atoms with van der Waals surface area (Å²) in [4.78, 5) is 24.9. The molecule has 0 saturated carbocycles. The average molecular weight is 364 g/mol. The van der Waals surface area contributed by atoms with Crippen molar-refractivity contribution in [3.05, 3.63) is 66.1 Å². The number of aromatic nitrogens is 4. The number of carbonyl (C=O) groups excluding carboxylic acids is 1. The Kier molecular flexibility index (Phi) is 5.04. The SMILES string of the molecule is O=C(c1nnc(CCc2ccccc2)o1)N1CCN(c2ncccn2)CC1. The van der Waals surface area contributed by atoms with Crippen molar-refractivity contribution in [2.24, 2.45) is 0 Å². The third-order valence-electron chi connectivity index (χ3n) is 4.52. The number of carbonyl (C=O) groups is 1. The second-order valence-corrected chi connectivity index (χ2v) is 6.31. The fourth-order valence-electron chi connectivity index (χ4n) is 3.04. The highest BCUT2D eigenvalue weighted by atomic mass is 16.4. The van der Waals surface area contributed by atoms with Crippen LogP contribution in [0, 0.1) is 0 Å². The third kappa shape index (κ3) is 4.11. The summed E-state index contributed by atoms with van der Waals surface area (Å²) in [6.45, 7) is 2.48. The molecule has 8 nitrogen and oxygen atoms in total. The van der Waals surface area contributed by atoms with E-state index in [1.807, 2.05) is 18.2 Å². The molecular weight excluding hydrogens is 344 g/mol. The predicted octanol–water partition coefficient (Wildman–Crippen LogP) is 1.61. The largest absolute Gasteiger partial charge is 0.417 e. The number of piperazine rings is 1. The monoisotopic (exact) mass is 364 g/mol. The smallest absolute Gasteiger partial charge is 0.311 e. The molecule has 0 radical (unpaired) electrons. The lowest BCUT2D eigenvalue weighted by Gasteiger charge is -2.33. The van der Waals surface area contributed by atoms with Gasteiger partial charge in [-0.05, 0) is 18.1 Å². The third-order valence-corrected chi connectivity index (χ3v) is 4.52. The van der Waals surface area contributed by atoms with Crippen LogP contribution in [0.15, 0.2) is 53.2 Å². The van der Waals surface area contributed by atoms with Crippen molar-refractivity contribution in [1.29, 1.82) is 0 Å². The first-order valence-electron chi connectivity index (χ1n) is 8.97. The summed E-state index contributed by atoms with van der Waals surface area (Å²) in [7, 11) is 0. The zero-order chi connectivity index (χ0) is 18.5. The van der Waals surface area contributed by atoms with Crippen LogP contribution in [0.1, 0.15) is 22.1 Å². The Morgan fingerprint density at radius 2 is 1.67 bits per heavy atom. The maximum Gasteiger partial charge on any atom is 0.311 e. The van der Waals surface area contributed by atoms with Crippen LogP contribution >= 0.6 is 0 Å². The standard InChI is InChI=1S/C19H20N6O2/c26-18(24-11-13-25(14-12-24)19-20-9-4-10-21-19)17-23-22-16(27-17)8-7-15-5-2-1-3-6-15/h1-6,9-10H,7-8,11-14H2. The molecule has 0 N–H and O–H groups in total. The molecule has 1 saturated heterocycles. The molecule has 1 fully saturated rings. The van der Waals surface area contributed by atoms with E-state index < -0.39 is 0 Å². The summed E-state index contributed by atoms with van der Waals surface area (Å²) in [5.74, 6) is 1.01. The van der Waals surface area contributed by atoms with Gasteiger partial charge in [0.25, 0.3) is 0 Å². The van der Waals surface area contributed by atoms with Crippen LogP contribution in [-0.4, -0.2) is 57.2 Å². The molecule has 0 bridgehead atoms. The van der Waals surface area contributed by atoms with E-state index in [9.17, 15) is 4.79 Å². The van der Waals surface area contributed by atoms with Gasteiger partial charge in [-0.2, -0.15) is 0 Å². The molecular formula is C19H20N6O2. The normalized spacial score (nSPS) is 14.4. The lowest BCUT2D eigenvalue weighted by molar-refractivity contribution is 0.0704. The molecule has 2 aromatic heterocycles. The molecule has 3 aromatic rings. The van der Waals surface area contributed by atoms with Crippen molar-refractivity contribution >= 4 is 11.9 Å². The molecule has 8 heteroatoms. The summed E-state index contributed by atoms with van der Waals surface area (Å²) in [6.07, 6.45) is 4.85. The Labute approximate surface area is 156 Å². The number of hydrogen-bond acceptors (Lipinski definition) is 7. The lowest BCUT2D eigenvalue weighted by Crippen LogP contribution is -2.49. The van der Waals surface area contributed by atoms with Crippen molar-refractivity contribution in [2.75, 3.05) is 31.1 Å². The molecule has 0 unspecified atom stereocenters. The molecule has 1 aromatic carbocycles. The minimum absolute atomic E-state index is 0.0578. The first-order valence-corrected chi connectivity index (χ1v) is 8.97. The summed E-state index contributed by atoms with van der Waals surface area (Å²) >= 11 is 0. The highest BCUT2D eigenvalue weighted by Crippen LogP contribution is 2.13. The highest BCUT2D eigenvalue weighted by Gasteiger charge is 2.26. The Hall–Kier alpha value is -3.29. The number of amides is 1. The summed E-state index contributed by atoms with van der Waals surface area (Å²) < 4.78 is 5.58. The van der Waals surface area contributed by atoms with Crippen LogP contribution < -0.4 is 4.90 Å². The summed E-state index contributed by atoms with van der Waals surface area (Å²) in [6, 6.07) is 11.9. The number of aryl methyl sites for hydroxylation is 2. The van der Waals surface area contributed by atoms with Crippen LogP contribution in [0.5, 0.6) is 0 Å². The van der Waals surface area contributed by atoms with E-state index in [-0.39, 0.29) is 11.8 Å². The minimum atomic E-state index is -0.220. The van der Waals surface area contributed by atoms with Gasteiger partial charge in [-0.1, -0.05) is 30.3 Å². The molecule has 1 aliphatic heterocycles. The van der Waals surface area contributed by atoms with Crippen molar-refractivity contribution in [2.45, 2.75) is 12.8 Å². The number of rotatable bonds is 5. The van der Waals surface area contributed by atoms with Crippen LogP contribution in [-0.2, 0) is 12.8 Å². The van der Waals surface area contributed by atoms with Gasteiger partial charge in [0.1, 0.15) is 0 Å². The van der Waals surface area contributed by atoms with Crippen LogP contribution in [0.25, 0.3) is 0 Å². The molecule has 0 aliphatic carbocycles. The molecule has 0 spiro atoms. The lowest BCUT2D eigenvalue weighted by atomic mass is 10.1. The van der Waals surface area contributed by atoms with E-state index in [1.54, 1.807) is 23.4 Å². The fourth-order valence-corrected chi connectivity index (χ4v) is 3.04. The van der Waals surface area contributed by atoms with Gasteiger partial charge in [-0.25, -0.2) is 9.97 Å². The van der Waals surface area contributed by atoms with Crippen molar-refractivity contribution in [3.63, 3.8) is 0 Å². The first-order chi connectivity index (χ1) is 13.3. The van der Waals surface area contributed by atoms with Crippen molar-refractivity contribution in [3.8, 4) is 0 Å². The van der Waals surface area contributed by atoms with E-state index in [0.717, 1.165) is 6.42 Å². The Bertz CT molecular complexity index is 875. The zero-order valence-electron chi connectivity index (χ0n) is 14.9. The molecule has 4 rings (SSSR count). The van der Waals surface area contributed by atoms with Gasteiger partial charge in [-0.15, -0.1) is 10.2 Å². The fraction of sp³-hybridized carbons (Fsp3) is 0.316. The van der Waals surface area contributed by atoms with Gasteiger partial charge in [-0.3, -0.25) is 4.79 Å². The Morgan fingerprint density at radius 3 is 2.41 bits per heavy atom. The van der Waals surface area contributed by atoms with E-state index >= 15 is 0 Å². The predicted molar refractivity (Wildman–Crippen MR) is 98.3 cm³/mol. The number of nitrogens with zero attached hydrogens (tertiary/aromatic N) is 6. The average Bonchev–Trinajstić information content (AvgIpc) is 3.22. The maximum absolute atomic E-state index is 12.6. The molecule has 0 atom stereocenters. The van der Waals surface area contributed by atoms with Gasteiger partial charge in [0.05, 0.1) is 0 Å². The molecule has 27 heavy (non-hydrogen) atoms. The van der Waals surface area contributed by atoms with Gasteiger partial charge < -0.3 is 14.2 Å². The molecule has 138 valence electrons. The van der Waals surface area contributed by atoms with Gasteiger partial charge >= 0.3 is 11.8 Å². The first kappa shape index (κ1) is 17.1. The molecule has 1 amide bonds. The summed E-state index contributed by atoms with van der Waals surface area (Å²) in [5, 5.41) is 7.95. The van der Waals surface area contributed by atoms with E-state index in [2.05, 4.69) is 37.2 Å². The highest BCUT2D eigenvalue weighted by molar-refractivity contribution is 5.89. The minimum Gasteiger partial charge on any atom is -0.417 e. The topological polar surface area (TPSA) is 88.3 Å². The van der Waals surface area contributed by atoms with Crippen LogP contribution in [0.3, 0.4) is 0 Å². The van der Waals surface area contributed by atoms with Gasteiger partial charge in [0, 0.05) is 45.0 Å². The number of anilines is 1. The Balaban J connectivity index is 1.32. The second kappa shape index (κ2) is 7.94. The van der Waals surface area contributed by atoms with Crippen molar-refractivity contribution < 1.29 is 9.21 Å². The van der Waals surface area contributed by atoms with Gasteiger partial charge in [0.15, 0.2) is 0 Å². The maximum atomic E-state index is 12.6. The van der Waals surface area contributed by atoms with E-state index in [4.69, 9.17) is 4.42 Å². The summed E-state index contributed by atoms with van der Waals surface area (Å²) in [5.41, 5.74) is 1.20. The molecule has 1 aliphatic rings. The van der Waals surface area contributed by atoms with E-state index in [0.29, 0.717) is 44.4 Å². The number of benzene rings is 1.